The number of halogens is 1. The minimum absolute atomic E-state index is 0.162. The molecule has 1 heterocycles. The minimum Gasteiger partial charge on any atom is -0.368 e. The van der Waals surface area contributed by atoms with Crippen molar-refractivity contribution in [3.8, 4) is 11.4 Å². The Balaban J connectivity index is 1.95. The van der Waals surface area contributed by atoms with Crippen molar-refractivity contribution in [1.29, 1.82) is 0 Å². The Labute approximate surface area is 121 Å². The highest BCUT2D eigenvalue weighted by atomic mass is 19.1. The summed E-state index contributed by atoms with van der Waals surface area (Å²) in [7, 11) is 0. The second-order valence-corrected chi connectivity index (χ2v) is 4.61. The molecule has 0 aliphatic rings. The van der Waals surface area contributed by atoms with Crippen molar-refractivity contribution in [3.05, 3.63) is 71.8 Å². The SMILES string of the molecule is Nc1nc(Cc2cccc(F)c2)nc(-c2ccccc2)n1. The van der Waals surface area contributed by atoms with E-state index in [1.54, 1.807) is 6.07 Å². The lowest BCUT2D eigenvalue weighted by atomic mass is 10.1. The van der Waals surface area contributed by atoms with Crippen LogP contribution >= 0.6 is 0 Å². The number of benzene rings is 2. The van der Waals surface area contributed by atoms with Gasteiger partial charge in [-0.05, 0) is 17.7 Å². The van der Waals surface area contributed by atoms with E-state index in [2.05, 4.69) is 15.0 Å². The maximum absolute atomic E-state index is 13.2. The van der Waals surface area contributed by atoms with Crippen LogP contribution < -0.4 is 5.73 Å². The van der Waals surface area contributed by atoms with Crippen LogP contribution in [0.5, 0.6) is 0 Å². The first-order valence-electron chi connectivity index (χ1n) is 6.51. The van der Waals surface area contributed by atoms with Gasteiger partial charge in [0, 0.05) is 12.0 Å². The smallest absolute Gasteiger partial charge is 0.223 e. The molecule has 0 saturated heterocycles. The predicted molar refractivity (Wildman–Crippen MR) is 78.9 cm³/mol. The highest BCUT2D eigenvalue weighted by Crippen LogP contribution is 2.16. The molecule has 0 aliphatic carbocycles. The predicted octanol–water partition coefficient (Wildman–Crippen LogP) is 2.85. The standard InChI is InChI=1S/C16H13FN4/c17-13-8-4-5-11(9-13)10-14-19-15(21-16(18)20-14)12-6-2-1-3-7-12/h1-9H,10H2,(H2,18,19,20,21). The molecule has 0 unspecified atom stereocenters. The van der Waals surface area contributed by atoms with E-state index in [0.29, 0.717) is 18.1 Å². The second kappa shape index (κ2) is 5.66. The molecular weight excluding hydrogens is 267 g/mol. The average molecular weight is 280 g/mol. The lowest BCUT2D eigenvalue weighted by molar-refractivity contribution is 0.626. The second-order valence-electron chi connectivity index (χ2n) is 4.61. The fourth-order valence-electron chi connectivity index (χ4n) is 2.06. The van der Waals surface area contributed by atoms with Gasteiger partial charge in [0.1, 0.15) is 11.6 Å². The third-order valence-electron chi connectivity index (χ3n) is 2.98. The topological polar surface area (TPSA) is 64.7 Å². The molecule has 1 aromatic heterocycles. The van der Waals surface area contributed by atoms with E-state index in [4.69, 9.17) is 5.73 Å². The van der Waals surface area contributed by atoms with E-state index in [-0.39, 0.29) is 11.8 Å². The summed E-state index contributed by atoms with van der Waals surface area (Å²) in [5, 5.41) is 0. The van der Waals surface area contributed by atoms with E-state index >= 15 is 0 Å². The monoisotopic (exact) mass is 280 g/mol. The lowest BCUT2D eigenvalue weighted by Crippen LogP contribution is -2.05. The molecule has 104 valence electrons. The zero-order valence-corrected chi connectivity index (χ0v) is 11.2. The largest absolute Gasteiger partial charge is 0.368 e. The molecule has 2 aromatic carbocycles. The van der Waals surface area contributed by atoms with Gasteiger partial charge in [-0.2, -0.15) is 9.97 Å². The summed E-state index contributed by atoms with van der Waals surface area (Å²) in [6.45, 7) is 0. The first-order chi connectivity index (χ1) is 10.2. The molecule has 21 heavy (non-hydrogen) atoms. The summed E-state index contributed by atoms with van der Waals surface area (Å²) >= 11 is 0. The van der Waals surface area contributed by atoms with Crippen molar-refractivity contribution in [2.24, 2.45) is 0 Å². The summed E-state index contributed by atoms with van der Waals surface area (Å²) in [5.74, 6) is 0.925. The number of aromatic nitrogens is 3. The van der Waals surface area contributed by atoms with Crippen LogP contribution in [-0.4, -0.2) is 15.0 Å². The molecule has 0 fully saturated rings. The van der Waals surface area contributed by atoms with Crippen molar-refractivity contribution < 1.29 is 4.39 Å². The zero-order valence-electron chi connectivity index (χ0n) is 11.2. The first kappa shape index (κ1) is 13.2. The van der Waals surface area contributed by atoms with Crippen LogP contribution in [-0.2, 0) is 6.42 Å². The Morgan fingerprint density at radius 1 is 0.905 bits per heavy atom. The van der Waals surface area contributed by atoms with Crippen molar-refractivity contribution in [2.45, 2.75) is 6.42 Å². The van der Waals surface area contributed by atoms with Crippen LogP contribution in [0.4, 0.5) is 10.3 Å². The molecule has 0 atom stereocenters. The normalized spacial score (nSPS) is 10.5. The van der Waals surface area contributed by atoms with Crippen molar-refractivity contribution in [3.63, 3.8) is 0 Å². The van der Waals surface area contributed by atoms with E-state index in [9.17, 15) is 4.39 Å². The Morgan fingerprint density at radius 2 is 1.71 bits per heavy atom. The van der Waals surface area contributed by atoms with Gasteiger partial charge in [-0.25, -0.2) is 9.37 Å². The van der Waals surface area contributed by atoms with Gasteiger partial charge in [0.2, 0.25) is 5.95 Å². The Kier molecular flexibility index (Phi) is 3.55. The third-order valence-corrected chi connectivity index (χ3v) is 2.98. The summed E-state index contributed by atoms with van der Waals surface area (Å²) in [5.41, 5.74) is 7.40. The molecule has 4 nitrogen and oxygen atoms in total. The molecule has 0 radical (unpaired) electrons. The number of nitrogens with two attached hydrogens (primary N) is 1. The maximum Gasteiger partial charge on any atom is 0.223 e. The lowest BCUT2D eigenvalue weighted by Gasteiger charge is -2.05. The van der Waals surface area contributed by atoms with Crippen LogP contribution in [0.15, 0.2) is 54.6 Å². The van der Waals surface area contributed by atoms with Crippen molar-refractivity contribution in [2.75, 3.05) is 5.73 Å². The summed E-state index contributed by atoms with van der Waals surface area (Å²) in [6, 6.07) is 15.9. The van der Waals surface area contributed by atoms with Crippen molar-refractivity contribution >= 4 is 5.95 Å². The van der Waals surface area contributed by atoms with E-state index in [0.717, 1.165) is 11.1 Å². The van der Waals surface area contributed by atoms with Gasteiger partial charge in [-0.15, -0.1) is 0 Å². The summed E-state index contributed by atoms with van der Waals surface area (Å²) in [6.07, 6.45) is 0.407. The molecule has 0 amide bonds. The maximum atomic E-state index is 13.2. The molecule has 0 spiro atoms. The molecule has 0 aliphatic heterocycles. The Bertz CT molecular complexity index is 759. The average Bonchev–Trinajstić information content (AvgIpc) is 2.47. The number of anilines is 1. The Hall–Kier alpha value is -2.82. The molecule has 3 rings (SSSR count). The van der Waals surface area contributed by atoms with Crippen LogP contribution in [0.3, 0.4) is 0 Å². The molecule has 0 bridgehead atoms. The van der Waals surface area contributed by atoms with Gasteiger partial charge in [0.15, 0.2) is 5.82 Å². The number of hydrogen-bond acceptors (Lipinski definition) is 4. The first-order valence-corrected chi connectivity index (χ1v) is 6.51. The van der Waals surface area contributed by atoms with Gasteiger partial charge in [0.05, 0.1) is 0 Å². The molecular formula is C16H13FN4. The van der Waals surface area contributed by atoms with E-state index in [1.165, 1.54) is 12.1 Å². The van der Waals surface area contributed by atoms with Crippen LogP contribution in [0.25, 0.3) is 11.4 Å². The Morgan fingerprint density at radius 3 is 2.48 bits per heavy atom. The quantitative estimate of drug-likeness (QED) is 0.801. The van der Waals surface area contributed by atoms with Gasteiger partial charge in [0.25, 0.3) is 0 Å². The fourth-order valence-corrected chi connectivity index (χ4v) is 2.06. The van der Waals surface area contributed by atoms with Gasteiger partial charge >= 0.3 is 0 Å². The molecule has 5 heteroatoms. The number of nitrogens with zero attached hydrogens (tertiary/aromatic N) is 3. The van der Waals surface area contributed by atoms with Gasteiger partial charge in [-0.1, -0.05) is 42.5 Å². The fraction of sp³-hybridized carbons (Fsp3) is 0.0625. The highest BCUT2D eigenvalue weighted by molar-refractivity contribution is 5.55. The number of nitrogen functional groups attached to an aromatic ring is 1. The van der Waals surface area contributed by atoms with Crippen molar-refractivity contribution in [1.82, 2.24) is 15.0 Å². The molecule has 3 aromatic rings. The molecule has 2 N–H and O–H groups in total. The highest BCUT2D eigenvalue weighted by Gasteiger charge is 2.07. The van der Waals surface area contributed by atoms with E-state index in [1.807, 2.05) is 36.4 Å². The van der Waals surface area contributed by atoms with Gasteiger partial charge in [-0.3, -0.25) is 0 Å². The number of hydrogen-bond donors (Lipinski definition) is 1. The van der Waals surface area contributed by atoms with Gasteiger partial charge < -0.3 is 5.73 Å². The number of rotatable bonds is 3. The molecule has 0 saturated carbocycles. The van der Waals surface area contributed by atoms with Crippen LogP contribution in [0, 0.1) is 5.82 Å². The van der Waals surface area contributed by atoms with E-state index < -0.39 is 0 Å². The summed E-state index contributed by atoms with van der Waals surface area (Å²) < 4.78 is 13.2. The minimum atomic E-state index is -0.280. The van der Waals surface area contributed by atoms with Crippen LogP contribution in [0.1, 0.15) is 11.4 Å². The third kappa shape index (κ3) is 3.20. The zero-order chi connectivity index (χ0) is 14.7. The van der Waals surface area contributed by atoms with Crippen LogP contribution in [0.2, 0.25) is 0 Å². The summed E-state index contributed by atoms with van der Waals surface area (Å²) in [4.78, 5) is 12.7.